The molecule has 4 heteroatoms. The molecule has 0 amide bonds. The summed E-state index contributed by atoms with van der Waals surface area (Å²) < 4.78 is 0.614. The van der Waals surface area contributed by atoms with Crippen LogP contribution in [0.25, 0.3) is 0 Å². The van der Waals surface area contributed by atoms with Gasteiger partial charge >= 0.3 is 5.97 Å². The number of rotatable bonds is 8. The largest absolute Gasteiger partial charge is 0.478 e. The topological polar surface area (TPSA) is 49.3 Å². The molecule has 1 aromatic rings. The van der Waals surface area contributed by atoms with Crippen LogP contribution in [0.4, 0.5) is 5.69 Å². The van der Waals surface area contributed by atoms with Crippen LogP contribution in [0.1, 0.15) is 56.3 Å². The maximum atomic E-state index is 10.9. The van der Waals surface area contributed by atoms with Crippen molar-refractivity contribution in [3.63, 3.8) is 0 Å². The average molecular weight is 328 g/mol. The summed E-state index contributed by atoms with van der Waals surface area (Å²) in [5, 5.41) is 12.4. The van der Waals surface area contributed by atoms with Crippen LogP contribution < -0.4 is 5.32 Å². The maximum Gasteiger partial charge on any atom is 0.336 e. The summed E-state index contributed by atoms with van der Waals surface area (Å²) >= 11 is 3.29. The number of carboxylic acid groups (broad SMARTS) is 1. The van der Waals surface area contributed by atoms with Crippen molar-refractivity contribution in [2.75, 3.05) is 5.32 Å². The number of aromatic carboxylic acids is 1. The van der Waals surface area contributed by atoms with Crippen molar-refractivity contribution in [2.45, 2.75) is 52.0 Å². The third kappa shape index (κ3) is 5.64. The number of anilines is 1. The molecule has 0 saturated heterocycles. The van der Waals surface area contributed by atoms with Gasteiger partial charge in [-0.1, -0.05) is 32.6 Å². The lowest BCUT2D eigenvalue weighted by molar-refractivity contribution is 0.0696. The Bertz CT molecular complexity index is 421. The number of nitrogens with one attached hydrogen (secondary N) is 1. The highest BCUT2D eigenvalue weighted by molar-refractivity contribution is 9.10. The van der Waals surface area contributed by atoms with Crippen molar-refractivity contribution in [3.05, 3.63) is 28.2 Å². The van der Waals surface area contributed by atoms with E-state index in [0.717, 1.165) is 12.1 Å². The SMILES string of the molecule is CCCCCCC(C)Nc1ccc(C(=O)O)c(Br)c1. The van der Waals surface area contributed by atoms with Crippen LogP contribution in [0.3, 0.4) is 0 Å². The van der Waals surface area contributed by atoms with Gasteiger partial charge in [0.25, 0.3) is 0 Å². The Hall–Kier alpha value is -1.03. The van der Waals surface area contributed by atoms with Crippen LogP contribution >= 0.6 is 15.9 Å². The van der Waals surface area contributed by atoms with Gasteiger partial charge in [-0.05, 0) is 47.5 Å². The van der Waals surface area contributed by atoms with Crippen molar-refractivity contribution in [2.24, 2.45) is 0 Å². The van der Waals surface area contributed by atoms with Gasteiger partial charge in [0.05, 0.1) is 5.56 Å². The number of carbonyl (C=O) groups is 1. The Morgan fingerprint density at radius 2 is 2.11 bits per heavy atom. The first-order chi connectivity index (χ1) is 9.04. The van der Waals surface area contributed by atoms with Crippen LogP contribution in [0, 0.1) is 0 Å². The van der Waals surface area contributed by atoms with E-state index in [9.17, 15) is 4.79 Å². The summed E-state index contributed by atoms with van der Waals surface area (Å²) in [6, 6.07) is 5.67. The molecule has 0 bridgehead atoms. The Labute approximate surface area is 123 Å². The van der Waals surface area contributed by atoms with Gasteiger partial charge in [-0.2, -0.15) is 0 Å². The maximum absolute atomic E-state index is 10.9. The molecule has 0 heterocycles. The van der Waals surface area contributed by atoms with Crippen LogP contribution in [0.15, 0.2) is 22.7 Å². The molecule has 1 rings (SSSR count). The van der Waals surface area contributed by atoms with Crippen LogP contribution in [-0.2, 0) is 0 Å². The molecule has 0 aromatic heterocycles. The van der Waals surface area contributed by atoms with Gasteiger partial charge in [-0.15, -0.1) is 0 Å². The highest BCUT2D eigenvalue weighted by Crippen LogP contribution is 2.22. The van der Waals surface area contributed by atoms with Gasteiger partial charge in [-0.3, -0.25) is 0 Å². The minimum Gasteiger partial charge on any atom is -0.478 e. The zero-order valence-electron chi connectivity index (χ0n) is 11.6. The predicted molar refractivity (Wildman–Crippen MR) is 82.9 cm³/mol. The van der Waals surface area contributed by atoms with Crippen molar-refractivity contribution >= 4 is 27.6 Å². The lowest BCUT2D eigenvalue weighted by Gasteiger charge is -2.15. The van der Waals surface area contributed by atoms with Crippen molar-refractivity contribution in [1.29, 1.82) is 0 Å². The molecule has 0 spiro atoms. The molecule has 0 radical (unpaired) electrons. The molecule has 0 aliphatic carbocycles. The fourth-order valence-electron chi connectivity index (χ4n) is 2.01. The Morgan fingerprint density at radius 1 is 1.37 bits per heavy atom. The fraction of sp³-hybridized carbons (Fsp3) is 0.533. The number of unbranched alkanes of at least 4 members (excludes halogenated alkanes) is 3. The molecule has 0 aliphatic heterocycles. The fourth-order valence-corrected chi connectivity index (χ4v) is 2.56. The highest BCUT2D eigenvalue weighted by atomic mass is 79.9. The number of hydrogen-bond acceptors (Lipinski definition) is 2. The molecule has 1 atom stereocenters. The number of hydrogen-bond donors (Lipinski definition) is 2. The molecular weight excluding hydrogens is 306 g/mol. The molecular formula is C15H22BrNO2. The molecule has 2 N–H and O–H groups in total. The molecule has 0 fully saturated rings. The van der Waals surface area contributed by atoms with Gasteiger partial charge in [0, 0.05) is 16.2 Å². The van der Waals surface area contributed by atoms with E-state index in [4.69, 9.17) is 5.11 Å². The van der Waals surface area contributed by atoms with E-state index >= 15 is 0 Å². The second kappa shape index (κ2) is 8.20. The summed E-state index contributed by atoms with van der Waals surface area (Å²) in [7, 11) is 0. The van der Waals surface area contributed by atoms with E-state index in [1.165, 1.54) is 25.7 Å². The van der Waals surface area contributed by atoms with Crippen molar-refractivity contribution < 1.29 is 9.90 Å². The van der Waals surface area contributed by atoms with E-state index < -0.39 is 5.97 Å². The molecule has 19 heavy (non-hydrogen) atoms. The van der Waals surface area contributed by atoms with E-state index in [1.807, 2.05) is 12.1 Å². The summed E-state index contributed by atoms with van der Waals surface area (Å²) in [5.41, 5.74) is 1.25. The van der Waals surface area contributed by atoms with Gasteiger partial charge in [-0.25, -0.2) is 4.79 Å². The average Bonchev–Trinajstić information content (AvgIpc) is 2.34. The van der Waals surface area contributed by atoms with Crippen LogP contribution in [0.2, 0.25) is 0 Å². The van der Waals surface area contributed by atoms with Crippen molar-refractivity contribution in [3.8, 4) is 0 Å². The monoisotopic (exact) mass is 327 g/mol. The van der Waals surface area contributed by atoms with Crippen molar-refractivity contribution in [1.82, 2.24) is 0 Å². The van der Waals surface area contributed by atoms with Crippen LogP contribution in [-0.4, -0.2) is 17.1 Å². The highest BCUT2D eigenvalue weighted by Gasteiger charge is 2.09. The summed E-state index contributed by atoms with van der Waals surface area (Å²) in [6.07, 6.45) is 6.20. The molecule has 1 aromatic carbocycles. The Kier molecular flexibility index (Phi) is 6.92. The summed E-state index contributed by atoms with van der Waals surface area (Å²) in [4.78, 5) is 10.9. The quantitative estimate of drug-likeness (QED) is 0.666. The Morgan fingerprint density at radius 3 is 2.68 bits per heavy atom. The zero-order chi connectivity index (χ0) is 14.3. The van der Waals surface area contributed by atoms with E-state index in [0.29, 0.717) is 16.1 Å². The lowest BCUT2D eigenvalue weighted by atomic mass is 10.1. The minimum atomic E-state index is -0.911. The standard InChI is InChI=1S/C15H22BrNO2/c1-3-4-5-6-7-11(2)17-12-8-9-13(15(18)19)14(16)10-12/h8-11,17H,3-7H2,1-2H3,(H,18,19). The van der Waals surface area contributed by atoms with Gasteiger partial charge in [0.1, 0.15) is 0 Å². The zero-order valence-corrected chi connectivity index (χ0v) is 13.2. The lowest BCUT2D eigenvalue weighted by Crippen LogP contribution is -2.15. The smallest absolute Gasteiger partial charge is 0.336 e. The molecule has 0 aliphatic rings. The van der Waals surface area contributed by atoms with E-state index in [2.05, 4.69) is 35.1 Å². The van der Waals surface area contributed by atoms with Crippen LogP contribution in [0.5, 0.6) is 0 Å². The predicted octanol–water partition coefficient (Wildman–Crippen LogP) is 4.92. The van der Waals surface area contributed by atoms with E-state index in [1.54, 1.807) is 6.07 Å². The second-order valence-electron chi connectivity index (χ2n) is 4.89. The van der Waals surface area contributed by atoms with Gasteiger partial charge < -0.3 is 10.4 Å². The normalized spacial score (nSPS) is 12.2. The van der Waals surface area contributed by atoms with Gasteiger partial charge in [0.2, 0.25) is 0 Å². The first kappa shape index (κ1) is 16.0. The third-order valence-electron chi connectivity index (χ3n) is 3.10. The second-order valence-corrected chi connectivity index (χ2v) is 5.75. The van der Waals surface area contributed by atoms with E-state index in [-0.39, 0.29) is 0 Å². The first-order valence-electron chi connectivity index (χ1n) is 6.84. The Balaban J connectivity index is 2.48. The number of halogens is 1. The summed E-state index contributed by atoms with van der Waals surface area (Å²) in [5.74, 6) is -0.911. The molecule has 3 nitrogen and oxygen atoms in total. The summed E-state index contributed by atoms with van der Waals surface area (Å²) in [6.45, 7) is 4.37. The minimum absolute atomic E-state index is 0.293. The molecule has 1 unspecified atom stereocenters. The number of benzene rings is 1. The third-order valence-corrected chi connectivity index (χ3v) is 3.76. The molecule has 106 valence electrons. The first-order valence-corrected chi connectivity index (χ1v) is 7.63. The molecule has 0 saturated carbocycles. The van der Waals surface area contributed by atoms with Gasteiger partial charge in [0.15, 0.2) is 0 Å². The number of carboxylic acids is 1.